The first-order chi connectivity index (χ1) is 10.6. The number of nitrogens with zero attached hydrogens (tertiary/aromatic N) is 2. The Morgan fingerprint density at radius 3 is 2.82 bits per heavy atom. The number of benzene rings is 1. The Balaban J connectivity index is 1.72. The van der Waals surface area contributed by atoms with Crippen molar-refractivity contribution in [3.63, 3.8) is 0 Å². The first-order valence-corrected chi connectivity index (χ1v) is 8.62. The second kappa shape index (κ2) is 6.43. The Morgan fingerprint density at radius 1 is 1.27 bits per heavy atom. The van der Waals surface area contributed by atoms with E-state index in [2.05, 4.69) is 15.1 Å². The molecule has 22 heavy (non-hydrogen) atoms. The largest absolute Gasteiger partial charge is 0.313 e. The standard InChI is InChI=1S/C15H18N4O2S/c20-22(21,18-10-13-6-8-16-9-7-13)15-11-17-19(12-15)14-4-2-1-3-5-14/h1-6,11-12,16,18H,7-10H2. The Hall–Kier alpha value is -1.96. The lowest BCUT2D eigenvalue weighted by atomic mass is 10.1. The van der Waals surface area contributed by atoms with Crippen LogP contribution >= 0.6 is 0 Å². The van der Waals surface area contributed by atoms with Gasteiger partial charge in [0.2, 0.25) is 10.0 Å². The van der Waals surface area contributed by atoms with Crippen LogP contribution in [0.25, 0.3) is 5.69 Å². The molecule has 0 radical (unpaired) electrons. The van der Waals surface area contributed by atoms with Crippen LogP contribution in [0.15, 0.2) is 59.3 Å². The van der Waals surface area contributed by atoms with Gasteiger partial charge in [-0.15, -0.1) is 0 Å². The molecule has 0 amide bonds. The van der Waals surface area contributed by atoms with E-state index in [1.807, 2.05) is 36.4 Å². The van der Waals surface area contributed by atoms with Gasteiger partial charge in [-0.1, -0.05) is 29.8 Å². The zero-order valence-electron chi connectivity index (χ0n) is 12.1. The van der Waals surface area contributed by atoms with E-state index in [1.165, 1.54) is 12.4 Å². The summed E-state index contributed by atoms with van der Waals surface area (Å²) in [5.41, 5.74) is 1.93. The molecule has 0 fully saturated rings. The normalized spacial score (nSPS) is 15.5. The highest BCUT2D eigenvalue weighted by molar-refractivity contribution is 7.89. The highest BCUT2D eigenvalue weighted by atomic mass is 32.2. The molecule has 0 unspecified atom stereocenters. The van der Waals surface area contributed by atoms with Crippen LogP contribution in [-0.4, -0.2) is 37.8 Å². The average molecular weight is 318 g/mol. The lowest BCUT2D eigenvalue weighted by Gasteiger charge is -2.14. The topological polar surface area (TPSA) is 76.0 Å². The molecular weight excluding hydrogens is 300 g/mol. The number of rotatable bonds is 5. The van der Waals surface area contributed by atoms with Crippen molar-refractivity contribution in [2.75, 3.05) is 19.6 Å². The highest BCUT2D eigenvalue weighted by Crippen LogP contribution is 2.12. The second-order valence-corrected chi connectivity index (χ2v) is 6.86. The van der Waals surface area contributed by atoms with Gasteiger partial charge in [0.1, 0.15) is 4.90 Å². The molecule has 2 N–H and O–H groups in total. The molecule has 116 valence electrons. The fraction of sp³-hybridized carbons (Fsp3) is 0.267. The van der Waals surface area contributed by atoms with Crippen LogP contribution < -0.4 is 10.0 Å². The van der Waals surface area contributed by atoms with Crippen molar-refractivity contribution < 1.29 is 8.42 Å². The fourth-order valence-electron chi connectivity index (χ4n) is 2.27. The molecule has 1 aromatic carbocycles. The van der Waals surface area contributed by atoms with Crippen molar-refractivity contribution >= 4 is 10.0 Å². The van der Waals surface area contributed by atoms with Gasteiger partial charge in [0.15, 0.2) is 0 Å². The first kappa shape index (κ1) is 15.0. The number of nitrogens with one attached hydrogen (secondary N) is 2. The van der Waals surface area contributed by atoms with Crippen LogP contribution in [0.5, 0.6) is 0 Å². The van der Waals surface area contributed by atoms with Gasteiger partial charge in [-0.25, -0.2) is 17.8 Å². The third kappa shape index (κ3) is 3.44. The zero-order valence-corrected chi connectivity index (χ0v) is 12.9. The quantitative estimate of drug-likeness (QED) is 0.809. The summed E-state index contributed by atoms with van der Waals surface area (Å²) in [5.74, 6) is 0. The third-order valence-corrected chi connectivity index (χ3v) is 4.89. The van der Waals surface area contributed by atoms with Crippen LogP contribution in [0.2, 0.25) is 0 Å². The van der Waals surface area contributed by atoms with E-state index in [1.54, 1.807) is 4.68 Å². The summed E-state index contributed by atoms with van der Waals surface area (Å²) in [4.78, 5) is 0.172. The van der Waals surface area contributed by atoms with E-state index in [0.717, 1.165) is 30.8 Å². The van der Waals surface area contributed by atoms with Gasteiger partial charge in [-0.05, 0) is 25.1 Å². The molecule has 0 spiro atoms. The van der Waals surface area contributed by atoms with E-state index in [-0.39, 0.29) is 4.90 Å². The Morgan fingerprint density at radius 2 is 2.09 bits per heavy atom. The molecule has 1 aliphatic rings. The van der Waals surface area contributed by atoms with Crippen molar-refractivity contribution in [3.05, 3.63) is 54.4 Å². The second-order valence-electron chi connectivity index (χ2n) is 5.10. The molecule has 0 aliphatic carbocycles. The van der Waals surface area contributed by atoms with E-state index in [4.69, 9.17) is 0 Å². The summed E-state index contributed by atoms with van der Waals surface area (Å²) in [6.45, 7) is 2.03. The fourth-order valence-corrected chi connectivity index (χ4v) is 3.23. The third-order valence-electron chi connectivity index (χ3n) is 3.54. The first-order valence-electron chi connectivity index (χ1n) is 7.13. The van der Waals surface area contributed by atoms with Gasteiger partial charge >= 0.3 is 0 Å². The highest BCUT2D eigenvalue weighted by Gasteiger charge is 2.17. The molecule has 0 atom stereocenters. The number of sulfonamides is 1. The summed E-state index contributed by atoms with van der Waals surface area (Å²) in [6, 6.07) is 9.41. The van der Waals surface area contributed by atoms with Crippen molar-refractivity contribution in [1.82, 2.24) is 19.8 Å². The molecule has 0 bridgehead atoms. The minimum Gasteiger partial charge on any atom is -0.313 e. The monoisotopic (exact) mass is 318 g/mol. The molecule has 6 nitrogen and oxygen atoms in total. The van der Waals surface area contributed by atoms with Gasteiger partial charge < -0.3 is 5.32 Å². The van der Waals surface area contributed by atoms with Gasteiger partial charge in [0.05, 0.1) is 18.1 Å². The van der Waals surface area contributed by atoms with Gasteiger partial charge in [0, 0.05) is 13.1 Å². The summed E-state index contributed by atoms with van der Waals surface area (Å²) in [7, 11) is -3.54. The van der Waals surface area contributed by atoms with Crippen LogP contribution in [0.1, 0.15) is 6.42 Å². The summed E-state index contributed by atoms with van der Waals surface area (Å²) >= 11 is 0. The average Bonchev–Trinajstić information content (AvgIpc) is 3.06. The number of para-hydroxylation sites is 1. The predicted molar refractivity (Wildman–Crippen MR) is 84.3 cm³/mol. The molecule has 2 heterocycles. The smallest absolute Gasteiger partial charge is 0.244 e. The maximum atomic E-state index is 12.3. The lowest BCUT2D eigenvalue weighted by Crippen LogP contribution is -2.29. The van der Waals surface area contributed by atoms with Crippen LogP contribution in [-0.2, 0) is 10.0 Å². The zero-order chi connectivity index (χ0) is 15.4. The molecular formula is C15H18N4O2S. The summed E-state index contributed by atoms with van der Waals surface area (Å²) in [5, 5.41) is 7.32. The number of aromatic nitrogens is 2. The van der Waals surface area contributed by atoms with E-state index >= 15 is 0 Å². The van der Waals surface area contributed by atoms with E-state index in [0.29, 0.717) is 6.54 Å². The molecule has 2 aromatic rings. The number of hydrogen-bond acceptors (Lipinski definition) is 4. The van der Waals surface area contributed by atoms with Crippen molar-refractivity contribution in [3.8, 4) is 5.69 Å². The minimum absolute atomic E-state index is 0.172. The van der Waals surface area contributed by atoms with Crippen LogP contribution in [0.3, 0.4) is 0 Å². The Bertz CT molecular complexity index is 766. The van der Waals surface area contributed by atoms with E-state index < -0.39 is 10.0 Å². The van der Waals surface area contributed by atoms with Gasteiger partial charge in [-0.3, -0.25) is 0 Å². The number of hydrogen-bond donors (Lipinski definition) is 2. The van der Waals surface area contributed by atoms with Crippen LogP contribution in [0, 0.1) is 0 Å². The SMILES string of the molecule is O=S(=O)(NCC1=CCNCC1)c1cnn(-c2ccccc2)c1. The van der Waals surface area contributed by atoms with Crippen molar-refractivity contribution in [2.45, 2.75) is 11.3 Å². The minimum atomic E-state index is -3.54. The van der Waals surface area contributed by atoms with E-state index in [9.17, 15) is 8.42 Å². The molecule has 0 saturated carbocycles. The molecule has 1 aromatic heterocycles. The predicted octanol–water partition coefficient (Wildman–Crippen LogP) is 1.07. The van der Waals surface area contributed by atoms with Crippen LogP contribution in [0.4, 0.5) is 0 Å². The molecule has 7 heteroatoms. The molecule has 0 saturated heterocycles. The van der Waals surface area contributed by atoms with Crippen molar-refractivity contribution in [1.29, 1.82) is 0 Å². The van der Waals surface area contributed by atoms with Crippen molar-refractivity contribution in [2.24, 2.45) is 0 Å². The maximum Gasteiger partial charge on any atom is 0.244 e. The molecule has 3 rings (SSSR count). The Kier molecular flexibility index (Phi) is 4.37. The Labute approximate surface area is 129 Å². The van der Waals surface area contributed by atoms with Gasteiger partial charge in [-0.2, -0.15) is 5.10 Å². The summed E-state index contributed by atoms with van der Waals surface area (Å²) in [6.07, 6.45) is 5.78. The molecule has 1 aliphatic heterocycles. The maximum absolute atomic E-state index is 12.3. The lowest BCUT2D eigenvalue weighted by molar-refractivity contribution is 0.582. The summed E-state index contributed by atoms with van der Waals surface area (Å²) < 4.78 is 28.8. The van der Waals surface area contributed by atoms with Gasteiger partial charge in [0.25, 0.3) is 0 Å².